The fourth-order valence-electron chi connectivity index (χ4n) is 2.43. The second kappa shape index (κ2) is 9.58. The molecule has 1 N–H and O–H groups in total. The maximum Gasteiger partial charge on any atom is 0.338 e. The van der Waals surface area contributed by atoms with Crippen molar-refractivity contribution in [1.82, 2.24) is 4.98 Å². The molecule has 0 saturated heterocycles. The molecule has 0 radical (unpaired) electrons. The van der Waals surface area contributed by atoms with Gasteiger partial charge in [0.25, 0.3) is 5.91 Å². The molecule has 8 heteroatoms. The minimum Gasteiger partial charge on any atom is -0.452 e. The average molecular weight is 410 g/mol. The van der Waals surface area contributed by atoms with Gasteiger partial charge in [0.05, 0.1) is 21.3 Å². The fraction of sp³-hybridized carbons (Fsp3) is 0.316. The molecule has 1 amide bonds. The van der Waals surface area contributed by atoms with Crippen LogP contribution in [-0.4, -0.2) is 36.6 Å². The number of pyridine rings is 1. The third-order valence-electron chi connectivity index (χ3n) is 3.93. The van der Waals surface area contributed by atoms with Crippen LogP contribution in [0.4, 0.5) is 11.5 Å². The highest BCUT2D eigenvalue weighted by molar-refractivity contribution is 6.36. The van der Waals surface area contributed by atoms with Gasteiger partial charge in [0.1, 0.15) is 0 Å². The van der Waals surface area contributed by atoms with Gasteiger partial charge in [-0.2, -0.15) is 0 Å². The van der Waals surface area contributed by atoms with E-state index in [9.17, 15) is 9.59 Å². The van der Waals surface area contributed by atoms with Crippen LogP contribution in [0, 0.1) is 6.92 Å². The zero-order valence-electron chi connectivity index (χ0n) is 15.4. The van der Waals surface area contributed by atoms with Crippen molar-refractivity contribution >= 4 is 46.6 Å². The van der Waals surface area contributed by atoms with E-state index in [-0.39, 0.29) is 10.8 Å². The van der Waals surface area contributed by atoms with Crippen molar-refractivity contribution in [1.29, 1.82) is 0 Å². The van der Waals surface area contributed by atoms with E-state index >= 15 is 0 Å². The van der Waals surface area contributed by atoms with Crippen LogP contribution in [0.25, 0.3) is 0 Å². The second-order valence-corrected chi connectivity index (χ2v) is 6.54. The summed E-state index contributed by atoms with van der Waals surface area (Å²) in [5.74, 6) is -0.954. The van der Waals surface area contributed by atoms with E-state index in [1.54, 1.807) is 19.1 Å². The molecule has 2 aromatic rings. The molecule has 0 saturated carbocycles. The van der Waals surface area contributed by atoms with Gasteiger partial charge in [0.15, 0.2) is 12.4 Å². The minimum absolute atomic E-state index is 0.170. The van der Waals surface area contributed by atoms with Crippen LogP contribution in [0.2, 0.25) is 10.0 Å². The normalized spacial score (nSPS) is 10.4. The van der Waals surface area contributed by atoms with E-state index in [1.807, 2.05) is 12.1 Å². The largest absolute Gasteiger partial charge is 0.452 e. The Morgan fingerprint density at radius 2 is 1.74 bits per heavy atom. The van der Waals surface area contributed by atoms with Crippen molar-refractivity contribution in [3.05, 3.63) is 51.6 Å². The lowest BCUT2D eigenvalue weighted by Gasteiger charge is -2.20. The quantitative estimate of drug-likeness (QED) is 0.688. The van der Waals surface area contributed by atoms with Crippen LogP contribution in [0.1, 0.15) is 29.9 Å². The third-order valence-corrected chi connectivity index (χ3v) is 4.60. The number of aromatic nitrogens is 1. The lowest BCUT2D eigenvalue weighted by molar-refractivity contribution is -0.119. The highest BCUT2D eigenvalue weighted by Crippen LogP contribution is 2.25. The molecule has 2 rings (SSSR count). The molecule has 1 heterocycles. The SMILES string of the molecule is CCN(CC)c1ccc(C(=O)OCC(=O)Nc2nc(C)c(Cl)cc2Cl)cc1. The summed E-state index contributed by atoms with van der Waals surface area (Å²) in [6.07, 6.45) is 0. The topological polar surface area (TPSA) is 71.5 Å². The average Bonchev–Trinajstić information content (AvgIpc) is 2.65. The number of carbonyl (C=O) groups excluding carboxylic acids is 2. The molecule has 0 fully saturated rings. The van der Waals surface area contributed by atoms with Crippen molar-refractivity contribution in [3.63, 3.8) is 0 Å². The van der Waals surface area contributed by atoms with Crippen molar-refractivity contribution in [3.8, 4) is 0 Å². The molecule has 1 aromatic heterocycles. The smallest absolute Gasteiger partial charge is 0.338 e. The number of amides is 1. The van der Waals surface area contributed by atoms with Crippen molar-refractivity contribution in [2.24, 2.45) is 0 Å². The maximum absolute atomic E-state index is 12.1. The van der Waals surface area contributed by atoms with Crippen LogP contribution < -0.4 is 10.2 Å². The van der Waals surface area contributed by atoms with Gasteiger partial charge in [0, 0.05) is 18.8 Å². The lowest BCUT2D eigenvalue weighted by atomic mass is 10.2. The van der Waals surface area contributed by atoms with Gasteiger partial charge < -0.3 is 15.0 Å². The number of aryl methyl sites for hydroxylation is 1. The highest BCUT2D eigenvalue weighted by Gasteiger charge is 2.14. The number of carbonyl (C=O) groups is 2. The van der Waals surface area contributed by atoms with Crippen molar-refractivity contribution in [2.45, 2.75) is 20.8 Å². The predicted octanol–water partition coefficient (Wildman–Crippen LogP) is 4.34. The van der Waals surface area contributed by atoms with Gasteiger partial charge in [-0.3, -0.25) is 4.79 Å². The summed E-state index contributed by atoms with van der Waals surface area (Å²) in [4.78, 5) is 30.4. The number of anilines is 2. The number of benzene rings is 1. The number of rotatable bonds is 7. The molecule has 0 aliphatic heterocycles. The number of nitrogens with one attached hydrogen (secondary N) is 1. The Hall–Kier alpha value is -2.31. The molecular formula is C19H21Cl2N3O3. The van der Waals surface area contributed by atoms with Crippen LogP contribution in [0.15, 0.2) is 30.3 Å². The summed E-state index contributed by atoms with van der Waals surface area (Å²) < 4.78 is 5.05. The first-order valence-electron chi connectivity index (χ1n) is 8.50. The van der Waals surface area contributed by atoms with E-state index in [0.717, 1.165) is 18.8 Å². The predicted molar refractivity (Wildman–Crippen MR) is 108 cm³/mol. The van der Waals surface area contributed by atoms with E-state index in [2.05, 4.69) is 29.0 Å². The Kier molecular flexibility index (Phi) is 7.45. The van der Waals surface area contributed by atoms with Crippen molar-refractivity contribution in [2.75, 3.05) is 29.9 Å². The summed E-state index contributed by atoms with van der Waals surface area (Å²) >= 11 is 11.9. The highest BCUT2D eigenvalue weighted by atomic mass is 35.5. The number of esters is 1. The van der Waals surface area contributed by atoms with Crippen LogP contribution >= 0.6 is 23.2 Å². The molecule has 144 valence electrons. The Balaban J connectivity index is 1.93. The van der Waals surface area contributed by atoms with Gasteiger partial charge in [-0.1, -0.05) is 23.2 Å². The monoisotopic (exact) mass is 409 g/mol. The van der Waals surface area contributed by atoms with E-state index in [0.29, 0.717) is 16.3 Å². The fourth-order valence-corrected chi connectivity index (χ4v) is 2.83. The molecule has 0 aliphatic rings. The standard InChI is InChI=1S/C19H21Cl2N3O3/c1-4-24(5-2)14-8-6-13(7-9-14)19(26)27-11-17(25)23-18-16(21)10-15(20)12(3)22-18/h6-10H,4-5,11H2,1-3H3,(H,22,23,25). The van der Waals surface area contributed by atoms with Gasteiger partial charge >= 0.3 is 5.97 Å². The van der Waals surface area contributed by atoms with Crippen LogP contribution in [0.3, 0.4) is 0 Å². The van der Waals surface area contributed by atoms with Crippen molar-refractivity contribution < 1.29 is 14.3 Å². The number of ether oxygens (including phenoxy) is 1. The molecule has 0 atom stereocenters. The number of hydrogen-bond acceptors (Lipinski definition) is 5. The zero-order chi connectivity index (χ0) is 20.0. The molecule has 0 unspecified atom stereocenters. The third kappa shape index (κ3) is 5.58. The van der Waals surface area contributed by atoms with Gasteiger partial charge in [-0.05, 0) is 51.1 Å². The first kappa shape index (κ1) is 21.0. The summed E-state index contributed by atoms with van der Waals surface area (Å²) in [5, 5.41) is 3.11. The summed E-state index contributed by atoms with van der Waals surface area (Å²) in [5.41, 5.74) is 1.92. The summed E-state index contributed by atoms with van der Waals surface area (Å²) in [7, 11) is 0. The molecule has 27 heavy (non-hydrogen) atoms. The Bertz CT molecular complexity index is 822. The van der Waals surface area contributed by atoms with Gasteiger partial charge in [-0.15, -0.1) is 0 Å². The minimum atomic E-state index is -0.581. The maximum atomic E-state index is 12.1. The molecule has 0 aliphatic carbocycles. The molecular weight excluding hydrogens is 389 g/mol. The number of hydrogen-bond donors (Lipinski definition) is 1. The molecule has 0 bridgehead atoms. The molecule has 0 spiro atoms. The number of halogens is 2. The second-order valence-electron chi connectivity index (χ2n) is 5.73. The lowest BCUT2D eigenvalue weighted by Crippen LogP contribution is -2.22. The Morgan fingerprint density at radius 3 is 2.33 bits per heavy atom. The van der Waals surface area contributed by atoms with Gasteiger partial charge in [0.2, 0.25) is 0 Å². The van der Waals surface area contributed by atoms with E-state index < -0.39 is 18.5 Å². The molecule has 1 aromatic carbocycles. The number of nitrogens with zero attached hydrogens (tertiary/aromatic N) is 2. The van der Waals surface area contributed by atoms with E-state index in [4.69, 9.17) is 27.9 Å². The summed E-state index contributed by atoms with van der Waals surface area (Å²) in [6.45, 7) is 7.12. The first-order chi connectivity index (χ1) is 12.8. The first-order valence-corrected chi connectivity index (χ1v) is 9.25. The molecule has 6 nitrogen and oxygen atoms in total. The Morgan fingerprint density at radius 1 is 1.11 bits per heavy atom. The van der Waals surface area contributed by atoms with Crippen LogP contribution in [-0.2, 0) is 9.53 Å². The Labute approximate surface area is 168 Å². The van der Waals surface area contributed by atoms with E-state index in [1.165, 1.54) is 6.07 Å². The van der Waals surface area contributed by atoms with Crippen LogP contribution in [0.5, 0.6) is 0 Å². The summed E-state index contributed by atoms with van der Waals surface area (Å²) in [6, 6.07) is 8.54. The van der Waals surface area contributed by atoms with Gasteiger partial charge in [-0.25, -0.2) is 9.78 Å². The zero-order valence-corrected chi connectivity index (χ0v) is 16.9.